The largest absolute Gasteiger partial charge is 0.479 e. The zero-order valence-corrected chi connectivity index (χ0v) is 23.3. The summed E-state index contributed by atoms with van der Waals surface area (Å²) >= 11 is 0. The number of nitrogens with two attached hydrogens (primary N) is 1. The zero-order chi connectivity index (χ0) is 31.2. The lowest BCUT2D eigenvalue weighted by Gasteiger charge is -2.32. The third kappa shape index (κ3) is 5.75. The number of imidazole rings is 1. The Bertz CT molecular complexity index is 1680. The van der Waals surface area contributed by atoms with Gasteiger partial charge in [0.15, 0.2) is 42.4 Å². The first-order chi connectivity index (χ1) is 21.0. The number of aliphatic carboxylic acids is 2. The van der Waals surface area contributed by atoms with Crippen LogP contribution in [-0.4, -0.2) is 97.5 Å². The minimum absolute atomic E-state index is 0.0267. The van der Waals surface area contributed by atoms with Crippen molar-refractivity contribution in [3.05, 3.63) is 30.4 Å². The van der Waals surface area contributed by atoms with Gasteiger partial charge < -0.3 is 40.0 Å². The van der Waals surface area contributed by atoms with Crippen LogP contribution in [0.3, 0.4) is 0 Å². The number of phosphoric acid groups is 1. The quantitative estimate of drug-likeness (QED) is 0.132. The highest BCUT2D eigenvalue weighted by molar-refractivity contribution is 7.48. The predicted molar refractivity (Wildman–Crippen MR) is 140 cm³/mol. The van der Waals surface area contributed by atoms with Crippen LogP contribution in [0.1, 0.15) is 24.1 Å². The number of aliphatic hydroxyl groups is 1. The molecular weight excluding hydrogens is 613 g/mol. The first kappa shape index (κ1) is 29.7. The van der Waals surface area contributed by atoms with Gasteiger partial charge in [-0.3, -0.25) is 22.9 Å². The van der Waals surface area contributed by atoms with Gasteiger partial charge in [0.05, 0.1) is 26.0 Å². The number of carboxylic acids is 2. The SMILES string of the molecule is Nc1ncnc2c1ncn2C1OC2COP(=O)(OCC3CC(=O)Oc4cc(OCC(=O)O)c(OCC(=O)O)cc43)OC2C1O. The van der Waals surface area contributed by atoms with Crippen LogP contribution >= 0.6 is 7.82 Å². The molecule has 6 rings (SSSR count). The number of aliphatic hydroxyl groups excluding tert-OH is 1. The van der Waals surface area contributed by atoms with Gasteiger partial charge in [0.2, 0.25) is 0 Å². The number of nitrogens with zero attached hydrogens (tertiary/aromatic N) is 4. The van der Waals surface area contributed by atoms with E-state index in [4.69, 9.17) is 48.5 Å². The number of carbonyl (C=O) groups excluding carboxylic acids is 1. The molecule has 3 aliphatic rings. The summed E-state index contributed by atoms with van der Waals surface area (Å²) in [7, 11) is -4.31. The third-order valence-corrected chi connectivity index (χ3v) is 8.34. The third-order valence-electron chi connectivity index (χ3n) is 6.91. The molecule has 0 amide bonds. The Morgan fingerprint density at radius 3 is 2.57 bits per heavy atom. The summed E-state index contributed by atoms with van der Waals surface area (Å²) in [6.45, 7) is -2.21. The number of anilines is 1. The highest BCUT2D eigenvalue weighted by atomic mass is 31.2. The first-order valence-corrected chi connectivity index (χ1v) is 14.4. The minimum atomic E-state index is -4.31. The summed E-state index contributed by atoms with van der Waals surface area (Å²) in [5, 5.41) is 29.0. The number of benzene rings is 1. The van der Waals surface area contributed by atoms with E-state index in [1.807, 2.05) is 0 Å². The van der Waals surface area contributed by atoms with Crippen molar-refractivity contribution in [3.63, 3.8) is 0 Å². The molecule has 0 saturated carbocycles. The minimum Gasteiger partial charge on any atom is -0.479 e. The number of fused-ring (bicyclic) bond motifs is 3. The molecule has 2 saturated heterocycles. The average Bonchev–Trinajstić information content (AvgIpc) is 3.55. The van der Waals surface area contributed by atoms with Crippen LogP contribution in [-0.2, 0) is 37.3 Å². The fourth-order valence-electron chi connectivity index (χ4n) is 4.96. The van der Waals surface area contributed by atoms with Crippen molar-refractivity contribution >= 4 is 42.7 Å². The van der Waals surface area contributed by atoms with Crippen molar-refractivity contribution in [2.75, 3.05) is 32.2 Å². The maximum absolute atomic E-state index is 13.5. The molecular formula is C24H24N5O14P. The summed E-state index contributed by atoms with van der Waals surface area (Å²) in [5.41, 5.74) is 6.73. The van der Waals surface area contributed by atoms with Crippen LogP contribution in [0, 0.1) is 0 Å². The summed E-state index contributed by atoms with van der Waals surface area (Å²) in [6, 6.07) is 2.50. The predicted octanol–water partition coefficient (Wildman–Crippen LogP) is 0.227. The number of ether oxygens (including phenoxy) is 4. The van der Waals surface area contributed by atoms with Crippen LogP contribution in [0.25, 0.3) is 11.2 Å². The van der Waals surface area contributed by atoms with Crippen molar-refractivity contribution < 1.29 is 66.8 Å². The van der Waals surface area contributed by atoms with Gasteiger partial charge in [-0.25, -0.2) is 29.1 Å². The van der Waals surface area contributed by atoms with Crippen LogP contribution in [0.5, 0.6) is 17.2 Å². The normalized spacial score (nSPS) is 27.8. The van der Waals surface area contributed by atoms with Crippen molar-refractivity contribution in [3.8, 4) is 17.2 Å². The molecule has 44 heavy (non-hydrogen) atoms. The Morgan fingerprint density at radius 2 is 1.84 bits per heavy atom. The Hall–Kier alpha value is -4.39. The second kappa shape index (κ2) is 11.6. The molecule has 1 aromatic carbocycles. The van der Waals surface area contributed by atoms with Gasteiger partial charge in [0, 0.05) is 17.5 Å². The monoisotopic (exact) mass is 637 g/mol. The fourth-order valence-corrected chi connectivity index (χ4v) is 6.40. The van der Waals surface area contributed by atoms with E-state index in [0.29, 0.717) is 16.7 Å². The number of aromatic nitrogens is 4. The molecule has 2 aromatic heterocycles. The van der Waals surface area contributed by atoms with E-state index in [0.717, 1.165) is 0 Å². The van der Waals surface area contributed by atoms with Crippen molar-refractivity contribution in [1.29, 1.82) is 0 Å². The van der Waals surface area contributed by atoms with E-state index in [1.165, 1.54) is 29.4 Å². The zero-order valence-electron chi connectivity index (χ0n) is 22.4. The number of rotatable bonds is 10. The number of carboxylic acid groups (broad SMARTS) is 2. The number of phosphoric ester groups is 1. The molecule has 3 aliphatic heterocycles. The summed E-state index contributed by atoms with van der Waals surface area (Å²) < 4.78 is 53.1. The molecule has 0 bridgehead atoms. The van der Waals surface area contributed by atoms with E-state index >= 15 is 0 Å². The Kier molecular flexibility index (Phi) is 7.82. The van der Waals surface area contributed by atoms with Crippen molar-refractivity contribution in [1.82, 2.24) is 19.5 Å². The lowest BCUT2D eigenvalue weighted by molar-refractivity contribution is -0.140. The second-order valence-electron chi connectivity index (χ2n) is 9.82. The van der Waals surface area contributed by atoms with E-state index in [9.17, 15) is 24.1 Å². The van der Waals surface area contributed by atoms with Gasteiger partial charge >= 0.3 is 25.7 Å². The molecule has 0 radical (unpaired) electrons. The smallest absolute Gasteiger partial charge is 0.475 e. The fraction of sp³-hybridized carbons (Fsp3) is 0.417. The highest BCUT2D eigenvalue weighted by Gasteiger charge is 2.54. The molecule has 6 atom stereocenters. The number of esters is 1. The lowest BCUT2D eigenvalue weighted by atomic mass is 9.93. The number of hydrogen-bond acceptors (Lipinski definition) is 16. The van der Waals surface area contributed by atoms with E-state index in [2.05, 4.69) is 15.0 Å². The molecule has 19 nitrogen and oxygen atoms in total. The molecule has 20 heteroatoms. The maximum atomic E-state index is 13.5. The van der Waals surface area contributed by atoms with Crippen LogP contribution in [0.4, 0.5) is 5.82 Å². The summed E-state index contributed by atoms with van der Waals surface area (Å²) in [4.78, 5) is 46.6. The molecule has 5 heterocycles. The molecule has 3 aromatic rings. The van der Waals surface area contributed by atoms with E-state index < -0.39 is 76.0 Å². The van der Waals surface area contributed by atoms with Crippen LogP contribution < -0.4 is 19.9 Å². The topological polar surface area (TPSA) is 263 Å². The molecule has 0 spiro atoms. The molecule has 234 valence electrons. The maximum Gasteiger partial charge on any atom is 0.475 e. The van der Waals surface area contributed by atoms with Crippen LogP contribution in [0.2, 0.25) is 0 Å². The first-order valence-electron chi connectivity index (χ1n) is 12.9. The van der Waals surface area contributed by atoms with Crippen LogP contribution in [0.15, 0.2) is 24.8 Å². The number of hydrogen-bond donors (Lipinski definition) is 4. The van der Waals surface area contributed by atoms with Crippen molar-refractivity contribution in [2.45, 2.75) is 36.9 Å². The van der Waals surface area contributed by atoms with Gasteiger partial charge in [-0.2, -0.15) is 0 Å². The number of nitrogen functional groups attached to an aromatic ring is 1. The van der Waals surface area contributed by atoms with Gasteiger partial charge in [0.1, 0.15) is 35.9 Å². The van der Waals surface area contributed by atoms with Gasteiger partial charge in [0.25, 0.3) is 0 Å². The Labute approximate surface area is 246 Å². The van der Waals surface area contributed by atoms with Gasteiger partial charge in [-0.05, 0) is 6.07 Å². The average molecular weight is 637 g/mol. The lowest BCUT2D eigenvalue weighted by Crippen LogP contribution is -2.39. The van der Waals surface area contributed by atoms with Gasteiger partial charge in [-0.1, -0.05) is 0 Å². The molecule has 2 fully saturated rings. The Morgan fingerprint density at radius 1 is 1.11 bits per heavy atom. The highest BCUT2D eigenvalue weighted by Crippen LogP contribution is 2.57. The molecule has 5 N–H and O–H groups in total. The summed E-state index contributed by atoms with van der Waals surface area (Å²) in [6.07, 6.45) is -2.00. The standard InChI is InChI=1S/C24H24N5O14P/c25-22-19-23(27-8-26-22)29(9-28-19)24-20(35)21-15(42-24)5-40-44(36,43-21)39-4-10-1-18(34)41-12-3-14(38-7-17(32)33)13(2-11(10)12)37-6-16(30)31/h2-3,8-10,15,20-21,24,35H,1,4-7H2,(H,30,31)(H,32,33)(H2,25,26,27). The van der Waals surface area contributed by atoms with E-state index in [-0.39, 0.29) is 36.1 Å². The molecule has 6 unspecified atom stereocenters. The Balaban J connectivity index is 1.18. The second-order valence-corrected chi connectivity index (χ2v) is 11.4. The van der Waals surface area contributed by atoms with E-state index in [1.54, 1.807) is 0 Å². The molecule has 0 aliphatic carbocycles. The van der Waals surface area contributed by atoms with Crippen molar-refractivity contribution in [2.24, 2.45) is 0 Å². The number of carbonyl (C=O) groups is 3. The van der Waals surface area contributed by atoms with Gasteiger partial charge in [-0.15, -0.1) is 0 Å². The summed E-state index contributed by atoms with van der Waals surface area (Å²) in [5.74, 6) is -4.30.